The molecule has 0 bridgehead atoms. The lowest BCUT2D eigenvalue weighted by molar-refractivity contribution is -0.136. The maximum absolute atomic E-state index is 11.6. The normalized spacial score (nSPS) is 10.6. The van der Waals surface area contributed by atoms with Gasteiger partial charge in [0.25, 0.3) is 0 Å². The summed E-state index contributed by atoms with van der Waals surface area (Å²) in [5.74, 6) is -0.466. The number of rotatable bonds is 2. The monoisotopic (exact) mass is 218 g/mol. The van der Waals surface area contributed by atoms with E-state index in [0.29, 0.717) is 22.3 Å². The van der Waals surface area contributed by atoms with E-state index in [9.17, 15) is 9.59 Å². The fraction of sp³-hybridized carbons (Fsp3) is 0.167. The molecule has 2 aromatic rings. The Morgan fingerprint density at radius 3 is 2.88 bits per heavy atom. The molecule has 0 fully saturated rings. The third kappa shape index (κ3) is 1.82. The highest BCUT2D eigenvalue weighted by molar-refractivity contribution is 5.83. The van der Waals surface area contributed by atoms with Gasteiger partial charge in [-0.2, -0.15) is 0 Å². The van der Waals surface area contributed by atoms with Gasteiger partial charge in [0.15, 0.2) is 5.43 Å². The predicted octanol–water partition coefficient (Wildman–Crippen LogP) is 1.73. The molecule has 0 aliphatic carbocycles. The Bertz CT molecular complexity index is 610. The molecule has 0 aliphatic heterocycles. The molecule has 0 atom stereocenters. The van der Waals surface area contributed by atoms with E-state index in [1.165, 1.54) is 6.07 Å². The second-order valence-corrected chi connectivity index (χ2v) is 3.59. The first-order valence-electron chi connectivity index (χ1n) is 4.82. The summed E-state index contributed by atoms with van der Waals surface area (Å²) in [5.41, 5.74) is 0.742. The van der Waals surface area contributed by atoms with Crippen LogP contribution in [0.2, 0.25) is 0 Å². The van der Waals surface area contributed by atoms with Crippen molar-refractivity contribution in [2.24, 2.45) is 0 Å². The van der Waals surface area contributed by atoms with Crippen LogP contribution in [0.15, 0.2) is 33.5 Å². The van der Waals surface area contributed by atoms with Gasteiger partial charge in [-0.3, -0.25) is 9.59 Å². The summed E-state index contributed by atoms with van der Waals surface area (Å²) in [7, 11) is 0. The first-order valence-corrected chi connectivity index (χ1v) is 4.82. The quantitative estimate of drug-likeness (QED) is 0.833. The van der Waals surface area contributed by atoms with E-state index in [2.05, 4.69) is 0 Å². The highest BCUT2D eigenvalue weighted by Crippen LogP contribution is 2.17. The summed E-state index contributed by atoms with van der Waals surface area (Å²) in [6.07, 6.45) is -0.149. The number of fused-ring (bicyclic) bond motifs is 1. The molecule has 1 N–H and O–H groups in total. The lowest BCUT2D eigenvalue weighted by Gasteiger charge is -2.03. The lowest BCUT2D eigenvalue weighted by Crippen LogP contribution is -2.05. The van der Waals surface area contributed by atoms with Gasteiger partial charge in [0.1, 0.15) is 11.3 Å². The number of carboxylic acid groups (broad SMARTS) is 1. The van der Waals surface area contributed by atoms with E-state index in [1.807, 2.05) is 0 Å². The summed E-state index contributed by atoms with van der Waals surface area (Å²) in [4.78, 5) is 22.3. The van der Waals surface area contributed by atoms with Crippen molar-refractivity contribution in [1.29, 1.82) is 0 Å². The predicted molar refractivity (Wildman–Crippen MR) is 58.6 cm³/mol. The van der Waals surface area contributed by atoms with Gasteiger partial charge in [0, 0.05) is 11.6 Å². The van der Waals surface area contributed by atoms with Crippen LogP contribution in [0.25, 0.3) is 11.0 Å². The zero-order valence-electron chi connectivity index (χ0n) is 8.69. The Labute approximate surface area is 91.1 Å². The zero-order valence-corrected chi connectivity index (χ0v) is 8.69. The maximum Gasteiger partial charge on any atom is 0.307 e. The molecular weight excluding hydrogens is 208 g/mol. The van der Waals surface area contributed by atoms with Gasteiger partial charge in [-0.1, -0.05) is 12.1 Å². The highest BCUT2D eigenvalue weighted by atomic mass is 16.4. The van der Waals surface area contributed by atoms with Crippen LogP contribution in [0.1, 0.15) is 11.3 Å². The van der Waals surface area contributed by atoms with E-state index in [0.717, 1.165) is 0 Å². The van der Waals surface area contributed by atoms with Crippen molar-refractivity contribution in [2.45, 2.75) is 13.3 Å². The van der Waals surface area contributed by atoms with Gasteiger partial charge in [-0.25, -0.2) is 0 Å². The minimum Gasteiger partial charge on any atom is -0.481 e. The molecule has 16 heavy (non-hydrogen) atoms. The molecule has 1 aromatic carbocycles. The van der Waals surface area contributed by atoms with E-state index in [-0.39, 0.29) is 11.8 Å². The van der Waals surface area contributed by atoms with Crippen molar-refractivity contribution in [3.8, 4) is 0 Å². The summed E-state index contributed by atoms with van der Waals surface area (Å²) in [6, 6.07) is 6.34. The van der Waals surface area contributed by atoms with Crippen molar-refractivity contribution in [2.75, 3.05) is 0 Å². The van der Waals surface area contributed by atoms with Crippen LogP contribution >= 0.6 is 0 Å². The summed E-state index contributed by atoms with van der Waals surface area (Å²) >= 11 is 0. The molecule has 2 rings (SSSR count). The SMILES string of the molecule is Cc1cc(=O)c2cccc(CC(=O)O)c2o1. The molecule has 0 amide bonds. The van der Waals surface area contributed by atoms with Gasteiger partial charge in [0.2, 0.25) is 0 Å². The van der Waals surface area contributed by atoms with Crippen LogP contribution in [-0.4, -0.2) is 11.1 Å². The van der Waals surface area contributed by atoms with E-state index in [1.54, 1.807) is 25.1 Å². The molecule has 4 heteroatoms. The topological polar surface area (TPSA) is 67.5 Å². The molecule has 0 unspecified atom stereocenters. The van der Waals surface area contributed by atoms with Crippen LogP contribution in [0.3, 0.4) is 0 Å². The maximum atomic E-state index is 11.6. The zero-order chi connectivity index (χ0) is 11.7. The van der Waals surface area contributed by atoms with Crippen molar-refractivity contribution in [3.05, 3.63) is 45.8 Å². The van der Waals surface area contributed by atoms with Crippen LogP contribution < -0.4 is 5.43 Å². The molecule has 1 heterocycles. The number of aryl methyl sites for hydroxylation is 1. The molecular formula is C12H10O4. The number of hydrogen-bond donors (Lipinski definition) is 1. The van der Waals surface area contributed by atoms with Crippen molar-refractivity contribution >= 4 is 16.9 Å². The van der Waals surface area contributed by atoms with Gasteiger partial charge in [-0.15, -0.1) is 0 Å². The van der Waals surface area contributed by atoms with Gasteiger partial charge in [-0.05, 0) is 13.0 Å². The number of carboxylic acids is 1. The minimum absolute atomic E-state index is 0.147. The van der Waals surface area contributed by atoms with Crippen LogP contribution in [0, 0.1) is 6.92 Å². The summed E-state index contributed by atoms with van der Waals surface area (Å²) < 4.78 is 5.41. The van der Waals surface area contributed by atoms with Crippen LogP contribution in [-0.2, 0) is 11.2 Å². The Balaban J connectivity index is 2.76. The Morgan fingerprint density at radius 1 is 1.44 bits per heavy atom. The second-order valence-electron chi connectivity index (χ2n) is 3.59. The number of benzene rings is 1. The molecule has 82 valence electrons. The van der Waals surface area contributed by atoms with E-state index >= 15 is 0 Å². The molecule has 0 spiro atoms. The summed E-state index contributed by atoms with van der Waals surface area (Å²) in [5, 5.41) is 9.17. The van der Waals surface area contributed by atoms with E-state index in [4.69, 9.17) is 9.52 Å². The Morgan fingerprint density at radius 2 is 2.19 bits per heavy atom. The van der Waals surface area contributed by atoms with Gasteiger partial charge < -0.3 is 9.52 Å². The highest BCUT2D eigenvalue weighted by Gasteiger charge is 2.09. The first kappa shape index (κ1) is 10.4. The van der Waals surface area contributed by atoms with Crippen LogP contribution in [0.4, 0.5) is 0 Å². The number of aliphatic carboxylic acids is 1. The van der Waals surface area contributed by atoms with Crippen molar-refractivity contribution in [1.82, 2.24) is 0 Å². The fourth-order valence-corrected chi connectivity index (χ4v) is 1.65. The smallest absolute Gasteiger partial charge is 0.307 e. The van der Waals surface area contributed by atoms with Crippen molar-refractivity contribution in [3.63, 3.8) is 0 Å². The summed E-state index contributed by atoms with van der Waals surface area (Å²) in [6.45, 7) is 1.67. The molecule has 0 aliphatic rings. The number of carbonyl (C=O) groups is 1. The largest absolute Gasteiger partial charge is 0.481 e. The standard InChI is InChI=1S/C12H10O4/c1-7-5-10(13)9-4-2-3-8(6-11(14)15)12(9)16-7/h2-5H,6H2,1H3,(H,14,15). The molecule has 0 saturated carbocycles. The Hall–Kier alpha value is -2.10. The second kappa shape index (κ2) is 3.81. The number of hydrogen-bond acceptors (Lipinski definition) is 3. The molecule has 0 radical (unpaired) electrons. The number of para-hydroxylation sites is 1. The van der Waals surface area contributed by atoms with Crippen LogP contribution in [0.5, 0.6) is 0 Å². The average molecular weight is 218 g/mol. The lowest BCUT2D eigenvalue weighted by atomic mass is 10.1. The third-order valence-corrected chi connectivity index (χ3v) is 2.30. The molecule has 4 nitrogen and oxygen atoms in total. The molecule has 1 aromatic heterocycles. The third-order valence-electron chi connectivity index (χ3n) is 2.30. The average Bonchev–Trinajstić information content (AvgIpc) is 2.18. The van der Waals surface area contributed by atoms with Crippen molar-refractivity contribution < 1.29 is 14.3 Å². The fourth-order valence-electron chi connectivity index (χ4n) is 1.65. The van der Waals surface area contributed by atoms with E-state index < -0.39 is 5.97 Å². The minimum atomic E-state index is -0.948. The Kier molecular flexibility index (Phi) is 2.48. The molecule has 0 saturated heterocycles. The first-order chi connectivity index (χ1) is 7.58. The van der Waals surface area contributed by atoms with Gasteiger partial charge >= 0.3 is 5.97 Å². The van der Waals surface area contributed by atoms with Gasteiger partial charge in [0.05, 0.1) is 11.8 Å².